The van der Waals surface area contributed by atoms with Gasteiger partial charge in [-0.25, -0.2) is 0 Å². The highest BCUT2D eigenvalue weighted by atomic mass is 14.8. The van der Waals surface area contributed by atoms with Gasteiger partial charge in [0.2, 0.25) is 0 Å². The van der Waals surface area contributed by atoms with Crippen molar-refractivity contribution in [2.45, 2.75) is 6.42 Å². The van der Waals surface area contributed by atoms with Crippen LogP contribution in [-0.4, -0.2) is 7.05 Å². The fourth-order valence-corrected chi connectivity index (χ4v) is 2.55. The number of fused-ring (bicyclic) bond motifs is 1. The van der Waals surface area contributed by atoms with Gasteiger partial charge in [-0.05, 0) is 29.0 Å². The van der Waals surface area contributed by atoms with E-state index in [1.54, 1.807) is 0 Å². The maximum Gasteiger partial charge on any atom is 0.0417 e. The van der Waals surface area contributed by atoms with Crippen molar-refractivity contribution in [3.63, 3.8) is 0 Å². The van der Waals surface area contributed by atoms with Gasteiger partial charge in [-0.15, -0.1) is 0 Å². The van der Waals surface area contributed by atoms with Crippen LogP contribution >= 0.6 is 0 Å². The molecule has 3 aromatic carbocycles. The van der Waals surface area contributed by atoms with E-state index in [0.29, 0.717) is 0 Å². The summed E-state index contributed by atoms with van der Waals surface area (Å²) >= 11 is 0. The zero-order valence-electron chi connectivity index (χ0n) is 11.1. The quantitative estimate of drug-likeness (QED) is 0.720. The van der Waals surface area contributed by atoms with E-state index in [1.807, 2.05) is 7.05 Å². The van der Waals surface area contributed by atoms with Crippen LogP contribution < -0.4 is 5.32 Å². The lowest BCUT2D eigenvalue weighted by Gasteiger charge is -2.11. The molecule has 1 N–H and O–H groups in total. The molecular weight excluding hydrogens is 230 g/mol. The van der Waals surface area contributed by atoms with Crippen molar-refractivity contribution >= 4 is 16.5 Å². The Morgan fingerprint density at radius 2 is 1.42 bits per heavy atom. The SMILES string of the molecule is CNc1ccc(Cc2ccccc2)c2ccccc12. The number of nitrogens with one attached hydrogen (secondary N) is 1. The molecule has 0 radical (unpaired) electrons. The summed E-state index contributed by atoms with van der Waals surface area (Å²) in [5.41, 5.74) is 3.91. The maximum absolute atomic E-state index is 3.26. The molecule has 1 heteroatoms. The fourth-order valence-electron chi connectivity index (χ4n) is 2.55. The molecule has 0 amide bonds. The fraction of sp³-hybridized carbons (Fsp3) is 0.111. The maximum atomic E-state index is 3.26. The molecule has 0 fully saturated rings. The Morgan fingerprint density at radius 1 is 0.737 bits per heavy atom. The second-order valence-corrected chi connectivity index (χ2v) is 4.73. The molecule has 3 rings (SSSR count). The van der Waals surface area contributed by atoms with Gasteiger partial charge in [0.05, 0.1) is 0 Å². The van der Waals surface area contributed by atoms with Gasteiger partial charge in [-0.3, -0.25) is 0 Å². The molecule has 0 bridgehead atoms. The summed E-state index contributed by atoms with van der Waals surface area (Å²) in [5.74, 6) is 0. The van der Waals surface area contributed by atoms with Crippen molar-refractivity contribution in [1.29, 1.82) is 0 Å². The Bertz CT molecular complexity index is 686. The highest BCUT2D eigenvalue weighted by Crippen LogP contribution is 2.27. The first-order chi connectivity index (χ1) is 9.38. The van der Waals surface area contributed by atoms with E-state index in [9.17, 15) is 0 Å². The molecule has 0 aliphatic rings. The minimum Gasteiger partial charge on any atom is -0.388 e. The summed E-state index contributed by atoms with van der Waals surface area (Å²) in [6.07, 6.45) is 0.978. The van der Waals surface area contributed by atoms with E-state index >= 15 is 0 Å². The first kappa shape index (κ1) is 11.8. The molecular formula is C18H17N. The van der Waals surface area contributed by atoms with Gasteiger partial charge in [-0.2, -0.15) is 0 Å². The lowest BCUT2D eigenvalue weighted by molar-refractivity contribution is 1.21. The Balaban J connectivity index is 2.10. The van der Waals surface area contributed by atoms with Crippen LogP contribution in [0.15, 0.2) is 66.7 Å². The van der Waals surface area contributed by atoms with Crippen LogP contribution in [0.1, 0.15) is 11.1 Å². The molecule has 94 valence electrons. The van der Waals surface area contributed by atoms with Gasteiger partial charge in [0.25, 0.3) is 0 Å². The smallest absolute Gasteiger partial charge is 0.0417 e. The molecule has 0 aliphatic heterocycles. The molecule has 0 saturated heterocycles. The Labute approximate surface area is 113 Å². The normalized spacial score (nSPS) is 10.6. The van der Waals surface area contributed by atoms with Crippen molar-refractivity contribution in [3.8, 4) is 0 Å². The third-order valence-corrected chi connectivity index (χ3v) is 3.52. The van der Waals surface area contributed by atoms with E-state index in [4.69, 9.17) is 0 Å². The van der Waals surface area contributed by atoms with Crippen molar-refractivity contribution in [1.82, 2.24) is 0 Å². The van der Waals surface area contributed by atoms with E-state index in [2.05, 4.69) is 72.0 Å². The van der Waals surface area contributed by atoms with Crippen LogP contribution in [0.25, 0.3) is 10.8 Å². The molecule has 0 atom stereocenters. The van der Waals surface area contributed by atoms with E-state index < -0.39 is 0 Å². The van der Waals surface area contributed by atoms with E-state index in [-0.39, 0.29) is 0 Å². The molecule has 3 aromatic rings. The zero-order chi connectivity index (χ0) is 13.1. The van der Waals surface area contributed by atoms with Gasteiger partial charge in [0, 0.05) is 18.1 Å². The molecule has 1 nitrogen and oxygen atoms in total. The summed E-state index contributed by atoms with van der Waals surface area (Å²) in [6.45, 7) is 0. The predicted molar refractivity (Wildman–Crippen MR) is 82.7 cm³/mol. The molecule has 0 unspecified atom stereocenters. The lowest BCUT2D eigenvalue weighted by atomic mass is 9.97. The van der Waals surface area contributed by atoms with Gasteiger partial charge in [0.1, 0.15) is 0 Å². The predicted octanol–water partition coefficient (Wildman–Crippen LogP) is 4.47. The summed E-state index contributed by atoms with van der Waals surface area (Å²) in [7, 11) is 1.97. The number of benzene rings is 3. The van der Waals surface area contributed by atoms with Gasteiger partial charge in [-0.1, -0.05) is 60.7 Å². The van der Waals surface area contributed by atoms with Crippen LogP contribution in [0.2, 0.25) is 0 Å². The average Bonchev–Trinajstić information content (AvgIpc) is 2.49. The average molecular weight is 247 g/mol. The van der Waals surface area contributed by atoms with Crippen LogP contribution in [0.3, 0.4) is 0 Å². The number of hydrogen-bond donors (Lipinski definition) is 1. The number of hydrogen-bond acceptors (Lipinski definition) is 1. The van der Waals surface area contributed by atoms with E-state index in [0.717, 1.165) is 6.42 Å². The minimum absolute atomic E-state index is 0.978. The molecule has 0 saturated carbocycles. The molecule has 0 heterocycles. The minimum atomic E-state index is 0.978. The molecule has 0 aromatic heterocycles. The summed E-state index contributed by atoms with van der Waals surface area (Å²) < 4.78 is 0. The Kier molecular flexibility index (Phi) is 3.20. The highest BCUT2D eigenvalue weighted by molar-refractivity contribution is 5.96. The standard InChI is InChI=1S/C18H17N/c1-19-18-12-11-15(13-14-7-3-2-4-8-14)16-9-5-6-10-17(16)18/h2-12,19H,13H2,1H3. The monoisotopic (exact) mass is 247 g/mol. The lowest BCUT2D eigenvalue weighted by Crippen LogP contribution is -1.94. The molecule has 0 spiro atoms. The van der Waals surface area contributed by atoms with Gasteiger partial charge < -0.3 is 5.32 Å². The largest absolute Gasteiger partial charge is 0.388 e. The second kappa shape index (κ2) is 5.15. The Hall–Kier alpha value is -2.28. The number of anilines is 1. The third kappa shape index (κ3) is 2.32. The van der Waals surface area contributed by atoms with Crippen molar-refractivity contribution < 1.29 is 0 Å². The first-order valence-electron chi connectivity index (χ1n) is 6.61. The van der Waals surface area contributed by atoms with Gasteiger partial charge >= 0.3 is 0 Å². The van der Waals surface area contributed by atoms with Crippen LogP contribution in [0.5, 0.6) is 0 Å². The van der Waals surface area contributed by atoms with E-state index in [1.165, 1.54) is 27.6 Å². The van der Waals surface area contributed by atoms with Crippen molar-refractivity contribution in [3.05, 3.63) is 77.9 Å². The number of rotatable bonds is 3. The zero-order valence-corrected chi connectivity index (χ0v) is 11.1. The third-order valence-electron chi connectivity index (χ3n) is 3.52. The highest BCUT2D eigenvalue weighted by Gasteiger charge is 2.05. The molecule has 19 heavy (non-hydrogen) atoms. The molecule has 0 aliphatic carbocycles. The van der Waals surface area contributed by atoms with Crippen molar-refractivity contribution in [2.24, 2.45) is 0 Å². The summed E-state index contributed by atoms with van der Waals surface area (Å²) in [6, 6.07) is 23.6. The second-order valence-electron chi connectivity index (χ2n) is 4.73. The Morgan fingerprint density at radius 3 is 2.16 bits per heavy atom. The van der Waals surface area contributed by atoms with Crippen LogP contribution in [-0.2, 0) is 6.42 Å². The van der Waals surface area contributed by atoms with Gasteiger partial charge in [0.15, 0.2) is 0 Å². The summed E-state index contributed by atoms with van der Waals surface area (Å²) in [5, 5.41) is 5.88. The summed E-state index contributed by atoms with van der Waals surface area (Å²) in [4.78, 5) is 0. The topological polar surface area (TPSA) is 12.0 Å². The first-order valence-corrected chi connectivity index (χ1v) is 6.61. The van der Waals surface area contributed by atoms with Crippen LogP contribution in [0, 0.1) is 0 Å². The van der Waals surface area contributed by atoms with Crippen molar-refractivity contribution in [2.75, 3.05) is 12.4 Å². The van der Waals surface area contributed by atoms with Crippen LogP contribution in [0.4, 0.5) is 5.69 Å².